The second kappa shape index (κ2) is 16.6. The van der Waals surface area contributed by atoms with Gasteiger partial charge in [-0.1, -0.05) is 6.08 Å². The van der Waals surface area contributed by atoms with E-state index in [1.165, 1.54) is 0 Å². The Morgan fingerprint density at radius 3 is 2.18 bits per heavy atom. The Morgan fingerprint density at radius 2 is 1.60 bits per heavy atom. The van der Waals surface area contributed by atoms with E-state index in [-0.39, 0.29) is 6.61 Å². The van der Waals surface area contributed by atoms with Gasteiger partial charge in [-0.3, -0.25) is 0 Å². The molecule has 3 aliphatic heterocycles. The van der Waals surface area contributed by atoms with E-state index in [4.69, 9.17) is 34.2 Å². The number of carboxylic acid groups (broad SMARTS) is 1. The monoisotopic (exact) mass is 659 g/mol. The first-order valence-corrected chi connectivity index (χ1v) is 14.4. The molecule has 0 radical (unpaired) electrons. The largest absolute Gasteiger partial charge is 0.477 e. The maximum Gasteiger partial charge on any atom is 0.364 e. The van der Waals surface area contributed by atoms with Crippen molar-refractivity contribution < 1.29 is 89.4 Å². The molecule has 3 saturated heterocycles. The number of rotatable bonds is 15. The molecule has 13 N–H and O–H groups in total. The Balaban J connectivity index is 1.84. The van der Waals surface area contributed by atoms with Crippen molar-refractivity contribution in [2.24, 2.45) is 5.73 Å². The molecule has 3 rings (SSSR count). The van der Waals surface area contributed by atoms with Crippen LogP contribution in [0.4, 0.5) is 0 Å². The first-order chi connectivity index (χ1) is 21.3. The summed E-state index contributed by atoms with van der Waals surface area (Å²) in [5, 5.41) is 113. The number of aliphatic hydroxyl groups is 10. The lowest BCUT2D eigenvalue weighted by Gasteiger charge is -2.50. The minimum absolute atomic E-state index is 0.119. The molecule has 45 heavy (non-hydrogen) atoms. The molecule has 262 valence electrons. The summed E-state index contributed by atoms with van der Waals surface area (Å²) < 4.78 is 33.1. The molecule has 0 aromatic rings. The molecule has 0 spiro atoms. The van der Waals surface area contributed by atoms with Gasteiger partial charge in [-0.25, -0.2) is 4.79 Å². The second-order valence-electron chi connectivity index (χ2n) is 11.1. The third kappa shape index (κ3) is 8.34. The van der Waals surface area contributed by atoms with E-state index in [9.17, 15) is 61.0 Å². The Kier molecular flexibility index (Phi) is 14.0. The SMILES string of the molecule is C=CCCCO[C@@H]1O[C@H](CO)[C@@H](O[C@@H]2O[C@H](CO)[C@H](O)[C@H](O[C@]3(C(=O)O)C[C@H](O)[C@@H](N)[C@H]([C@H](O)[C@H](O)CO)O3)[C@H]2O)[C@H](O)[C@H]1O. The van der Waals surface area contributed by atoms with Crippen LogP contribution >= 0.6 is 0 Å². The predicted octanol–water partition coefficient (Wildman–Crippen LogP) is -6.41. The molecule has 0 bridgehead atoms. The van der Waals surface area contributed by atoms with Crippen molar-refractivity contribution in [3.05, 3.63) is 12.7 Å². The molecule has 16 atom stereocenters. The van der Waals surface area contributed by atoms with Crippen molar-refractivity contribution in [3.63, 3.8) is 0 Å². The minimum atomic E-state index is -2.93. The fourth-order valence-corrected chi connectivity index (χ4v) is 5.33. The molecule has 3 fully saturated rings. The van der Waals surface area contributed by atoms with Gasteiger partial charge < -0.3 is 90.3 Å². The van der Waals surface area contributed by atoms with Gasteiger partial charge in [-0.15, -0.1) is 6.58 Å². The lowest BCUT2D eigenvalue weighted by atomic mass is 9.88. The molecule has 0 saturated carbocycles. The number of aliphatic hydroxyl groups excluding tert-OH is 10. The van der Waals surface area contributed by atoms with Crippen LogP contribution in [0.2, 0.25) is 0 Å². The fourth-order valence-electron chi connectivity index (χ4n) is 5.33. The standard InChI is InChI=1S/C26H45NO18/c1-2-3-4-5-40-23-18(36)17(35)20(13(9-30)42-23)43-24-19(37)22(16(34)12(8-29)41-24)45-26(25(38)39)6-10(31)14(27)21(44-26)15(33)11(32)7-28/h2,10-24,28-37H,1,3-9,27H2,(H,38,39)/t10-,11+,12+,13+,14+,15+,16-,17+,18+,19+,20+,21+,22-,23+,24-,26-/m0/s1. The number of aliphatic carboxylic acids is 1. The van der Waals surface area contributed by atoms with Gasteiger partial charge in [-0.2, -0.15) is 0 Å². The summed E-state index contributed by atoms with van der Waals surface area (Å²) in [6, 6.07) is -1.48. The van der Waals surface area contributed by atoms with Crippen molar-refractivity contribution in [2.75, 3.05) is 26.4 Å². The highest BCUT2D eigenvalue weighted by Crippen LogP contribution is 2.37. The molecule has 0 aromatic heterocycles. The molecular weight excluding hydrogens is 614 g/mol. The summed E-state index contributed by atoms with van der Waals surface area (Å²) in [6.45, 7) is 1.02. The van der Waals surface area contributed by atoms with Crippen LogP contribution in [0.5, 0.6) is 0 Å². The average Bonchev–Trinajstić information content (AvgIpc) is 3.02. The van der Waals surface area contributed by atoms with Crippen LogP contribution in [-0.2, 0) is 33.2 Å². The zero-order valence-corrected chi connectivity index (χ0v) is 24.2. The summed E-state index contributed by atoms with van der Waals surface area (Å²) in [5.41, 5.74) is 5.86. The number of unbranched alkanes of at least 4 members (excludes halogenated alkanes) is 1. The smallest absolute Gasteiger partial charge is 0.364 e. The van der Waals surface area contributed by atoms with E-state index in [2.05, 4.69) is 6.58 Å². The van der Waals surface area contributed by atoms with E-state index in [0.29, 0.717) is 12.8 Å². The van der Waals surface area contributed by atoms with Gasteiger partial charge >= 0.3 is 5.97 Å². The topological polar surface area (TPSA) is 321 Å². The van der Waals surface area contributed by atoms with Crippen LogP contribution in [0, 0.1) is 0 Å². The summed E-state index contributed by atoms with van der Waals surface area (Å²) in [5.74, 6) is -4.84. The summed E-state index contributed by atoms with van der Waals surface area (Å²) in [6.07, 6.45) is -23.1. The van der Waals surface area contributed by atoms with Crippen molar-refractivity contribution in [2.45, 2.75) is 117 Å². The molecule has 3 heterocycles. The van der Waals surface area contributed by atoms with Crippen molar-refractivity contribution in [1.82, 2.24) is 0 Å². The van der Waals surface area contributed by atoms with E-state index in [1.807, 2.05) is 0 Å². The molecule has 0 aromatic carbocycles. The van der Waals surface area contributed by atoms with Crippen molar-refractivity contribution >= 4 is 5.97 Å². The van der Waals surface area contributed by atoms with Crippen molar-refractivity contribution in [1.29, 1.82) is 0 Å². The van der Waals surface area contributed by atoms with Gasteiger partial charge in [0.1, 0.15) is 67.1 Å². The lowest BCUT2D eigenvalue weighted by molar-refractivity contribution is -0.386. The molecule has 0 aliphatic carbocycles. The number of allylic oxidation sites excluding steroid dienone is 1. The Hall–Kier alpha value is -1.47. The molecule has 0 unspecified atom stereocenters. The quantitative estimate of drug-likeness (QED) is 0.0574. The third-order valence-corrected chi connectivity index (χ3v) is 7.97. The minimum Gasteiger partial charge on any atom is -0.477 e. The maximum atomic E-state index is 12.5. The lowest BCUT2D eigenvalue weighted by Crippen LogP contribution is -2.70. The zero-order valence-electron chi connectivity index (χ0n) is 24.2. The van der Waals surface area contributed by atoms with Gasteiger partial charge in [0.05, 0.1) is 38.6 Å². The van der Waals surface area contributed by atoms with Crippen LogP contribution in [0.25, 0.3) is 0 Å². The molecule has 19 nitrogen and oxygen atoms in total. The Morgan fingerprint density at radius 1 is 0.956 bits per heavy atom. The Labute approximate surface area is 257 Å². The number of hydrogen-bond donors (Lipinski definition) is 12. The van der Waals surface area contributed by atoms with Crippen LogP contribution in [-0.4, -0.2) is 186 Å². The second-order valence-corrected chi connectivity index (χ2v) is 11.1. The number of carboxylic acids is 1. The number of nitrogens with two attached hydrogens (primary N) is 1. The first-order valence-electron chi connectivity index (χ1n) is 14.4. The number of carbonyl (C=O) groups is 1. The highest BCUT2D eigenvalue weighted by atomic mass is 16.8. The van der Waals surface area contributed by atoms with Crippen LogP contribution in [0.15, 0.2) is 12.7 Å². The molecule has 3 aliphatic rings. The summed E-state index contributed by atoms with van der Waals surface area (Å²) >= 11 is 0. The molecule has 0 amide bonds. The van der Waals surface area contributed by atoms with E-state index < -0.39 is 130 Å². The van der Waals surface area contributed by atoms with E-state index >= 15 is 0 Å². The first kappa shape index (κ1) is 38.0. The fraction of sp³-hybridized carbons (Fsp3) is 0.885. The van der Waals surface area contributed by atoms with Crippen LogP contribution < -0.4 is 5.73 Å². The number of ether oxygens (including phenoxy) is 6. The van der Waals surface area contributed by atoms with E-state index in [0.717, 1.165) is 0 Å². The van der Waals surface area contributed by atoms with E-state index in [1.54, 1.807) is 6.08 Å². The molecular formula is C26H45NO18. The average molecular weight is 660 g/mol. The van der Waals surface area contributed by atoms with Gasteiger partial charge in [0.25, 0.3) is 5.79 Å². The van der Waals surface area contributed by atoms with Crippen LogP contribution in [0.1, 0.15) is 19.3 Å². The third-order valence-electron chi connectivity index (χ3n) is 7.97. The normalized spacial score (nSPS) is 43.8. The van der Waals surface area contributed by atoms with Gasteiger partial charge in [-0.05, 0) is 12.8 Å². The predicted molar refractivity (Wildman–Crippen MR) is 144 cm³/mol. The summed E-state index contributed by atoms with van der Waals surface area (Å²) in [7, 11) is 0. The zero-order chi connectivity index (χ0) is 33.6. The van der Waals surface area contributed by atoms with Crippen LogP contribution in [0.3, 0.4) is 0 Å². The molecule has 19 heteroatoms. The maximum absolute atomic E-state index is 12.5. The summed E-state index contributed by atoms with van der Waals surface area (Å²) in [4.78, 5) is 12.5. The van der Waals surface area contributed by atoms with Gasteiger partial charge in [0.2, 0.25) is 0 Å². The highest BCUT2D eigenvalue weighted by Gasteiger charge is 2.59. The van der Waals surface area contributed by atoms with Crippen molar-refractivity contribution in [3.8, 4) is 0 Å². The van der Waals surface area contributed by atoms with Gasteiger partial charge in [0.15, 0.2) is 12.6 Å². The highest BCUT2D eigenvalue weighted by molar-refractivity contribution is 5.76. The Bertz CT molecular complexity index is 946. The number of hydrogen-bond acceptors (Lipinski definition) is 18. The van der Waals surface area contributed by atoms with Gasteiger partial charge in [0, 0.05) is 6.42 Å².